The summed E-state index contributed by atoms with van der Waals surface area (Å²) >= 11 is 0. The second-order valence-electron chi connectivity index (χ2n) is 5.72. The number of hydrogen-bond donors (Lipinski definition) is 0. The Labute approximate surface area is 116 Å². The summed E-state index contributed by atoms with van der Waals surface area (Å²) in [5, 5.41) is 0. The Morgan fingerprint density at radius 1 is 1.21 bits per heavy atom. The third kappa shape index (κ3) is 3.90. The summed E-state index contributed by atoms with van der Waals surface area (Å²) in [6.45, 7) is 7.47. The Morgan fingerprint density at radius 2 is 1.84 bits per heavy atom. The van der Waals surface area contributed by atoms with Crippen molar-refractivity contribution in [3.05, 3.63) is 35.4 Å². The Balaban J connectivity index is 1.93. The fourth-order valence-electron chi connectivity index (χ4n) is 2.84. The van der Waals surface area contributed by atoms with Crippen LogP contribution in [-0.2, 0) is 6.42 Å². The van der Waals surface area contributed by atoms with Gasteiger partial charge in [0.15, 0.2) is 5.78 Å². The number of nitrogens with zero attached hydrogens (tertiary/aromatic N) is 1. The normalized spacial score (nSPS) is 17.6. The number of carbonyl (C=O) groups is 1. The minimum absolute atomic E-state index is 0.107. The molecule has 1 aromatic carbocycles. The van der Waals surface area contributed by atoms with Crippen molar-refractivity contribution in [2.24, 2.45) is 5.92 Å². The molecule has 1 aromatic rings. The third-order valence-corrected chi connectivity index (χ3v) is 3.96. The van der Waals surface area contributed by atoms with Crippen LogP contribution in [0.4, 0.5) is 0 Å². The Morgan fingerprint density at radius 3 is 2.42 bits per heavy atom. The zero-order chi connectivity index (χ0) is 13.7. The zero-order valence-electron chi connectivity index (χ0n) is 12.2. The molecule has 1 aliphatic heterocycles. The molecule has 1 atom stereocenters. The van der Waals surface area contributed by atoms with Crippen LogP contribution in [-0.4, -0.2) is 30.3 Å². The lowest BCUT2D eigenvalue weighted by Crippen LogP contribution is -2.29. The molecule has 19 heavy (non-hydrogen) atoms. The summed E-state index contributed by atoms with van der Waals surface area (Å²) in [6, 6.07) is 8.18. The van der Waals surface area contributed by atoms with Crippen molar-refractivity contribution >= 4 is 5.78 Å². The van der Waals surface area contributed by atoms with E-state index < -0.39 is 0 Å². The van der Waals surface area contributed by atoms with Crippen molar-refractivity contribution in [2.75, 3.05) is 19.6 Å². The van der Waals surface area contributed by atoms with Crippen molar-refractivity contribution in [1.82, 2.24) is 4.90 Å². The quantitative estimate of drug-likeness (QED) is 0.728. The minimum atomic E-state index is 0.107. The van der Waals surface area contributed by atoms with Gasteiger partial charge in [-0.15, -0.1) is 0 Å². The average Bonchev–Trinajstić information content (AvgIpc) is 2.92. The van der Waals surface area contributed by atoms with Crippen molar-refractivity contribution in [1.29, 1.82) is 0 Å². The molecule has 2 nitrogen and oxygen atoms in total. The van der Waals surface area contributed by atoms with E-state index in [-0.39, 0.29) is 11.7 Å². The Bertz CT molecular complexity index is 404. The van der Waals surface area contributed by atoms with E-state index in [1.54, 1.807) is 0 Å². The first-order valence-electron chi connectivity index (χ1n) is 7.56. The predicted molar refractivity (Wildman–Crippen MR) is 79.6 cm³/mol. The third-order valence-electron chi connectivity index (χ3n) is 3.96. The van der Waals surface area contributed by atoms with Crippen LogP contribution < -0.4 is 0 Å². The predicted octanol–water partition coefficient (Wildman–Crippen LogP) is 3.55. The number of aryl methyl sites for hydroxylation is 1. The number of ketones is 1. The molecule has 0 spiro atoms. The molecule has 104 valence electrons. The van der Waals surface area contributed by atoms with E-state index in [0.29, 0.717) is 0 Å². The summed E-state index contributed by atoms with van der Waals surface area (Å²) in [5.74, 6) is 0.394. The molecule has 2 rings (SSSR count). The van der Waals surface area contributed by atoms with Crippen LogP contribution in [0.15, 0.2) is 24.3 Å². The van der Waals surface area contributed by atoms with Crippen LogP contribution >= 0.6 is 0 Å². The van der Waals surface area contributed by atoms with Crippen LogP contribution in [0, 0.1) is 5.92 Å². The van der Waals surface area contributed by atoms with Crippen LogP contribution in [0.3, 0.4) is 0 Å². The Hall–Kier alpha value is -1.15. The first kappa shape index (κ1) is 14.3. The summed E-state index contributed by atoms with van der Waals surface area (Å²) in [5.41, 5.74) is 2.19. The smallest absolute Gasteiger partial charge is 0.166 e. The van der Waals surface area contributed by atoms with Crippen LogP contribution in [0.25, 0.3) is 0 Å². The van der Waals surface area contributed by atoms with E-state index in [4.69, 9.17) is 0 Å². The van der Waals surface area contributed by atoms with Gasteiger partial charge in [-0.2, -0.15) is 0 Å². The molecule has 0 amide bonds. The van der Waals surface area contributed by atoms with E-state index in [1.807, 2.05) is 12.1 Å². The van der Waals surface area contributed by atoms with Gasteiger partial charge in [-0.3, -0.25) is 4.79 Å². The van der Waals surface area contributed by atoms with E-state index >= 15 is 0 Å². The van der Waals surface area contributed by atoms with Crippen molar-refractivity contribution in [2.45, 2.75) is 39.5 Å². The first-order valence-corrected chi connectivity index (χ1v) is 7.56. The van der Waals surface area contributed by atoms with Gasteiger partial charge in [-0.05, 0) is 37.9 Å². The lowest BCUT2D eigenvalue weighted by molar-refractivity contribution is 0.0903. The molecule has 1 heterocycles. The van der Waals surface area contributed by atoms with Gasteiger partial charge >= 0.3 is 0 Å². The Kier molecular flexibility index (Phi) is 5.15. The molecule has 0 bridgehead atoms. The average molecular weight is 259 g/mol. The van der Waals surface area contributed by atoms with E-state index in [9.17, 15) is 4.79 Å². The van der Waals surface area contributed by atoms with Gasteiger partial charge in [-0.25, -0.2) is 0 Å². The maximum absolute atomic E-state index is 12.4. The first-order chi connectivity index (χ1) is 9.20. The molecule has 1 unspecified atom stereocenters. The van der Waals surface area contributed by atoms with Crippen LogP contribution in [0.5, 0.6) is 0 Å². The molecule has 0 saturated carbocycles. The minimum Gasteiger partial charge on any atom is -0.303 e. The summed E-state index contributed by atoms with van der Waals surface area (Å²) < 4.78 is 0. The van der Waals surface area contributed by atoms with Gasteiger partial charge < -0.3 is 4.90 Å². The maximum Gasteiger partial charge on any atom is 0.166 e. The molecule has 0 N–H and O–H groups in total. The van der Waals surface area contributed by atoms with Gasteiger partial charge in [0.05, 0.1) is 0 Å². The van der Waals surface area contributed by atoms with Gasteiger partial charge in [0.1, 0.15) is 0 Å². The number of hydrogen-bond acceptors (Lipinski definition) is 2. The number of Topliss-reactive ketones (excluding diaryl/α,β-unsaturated/α-hetero) is 1. The van der Waals surface area contributed by atoms with Gasteiger partial charge in [-0.1, -0.05) is 44.5 Å². The summed E-state index contributed by atoms with van der Waals surface area (Å²) in [4.78, 5) is 14.8. The molecule has 1 fully saturated rings. The monoisotopic (exact) mass is 259 g/mol. The van der Waals surface area contributed by atoms with Crippen molar-refractivity contribution < 1.29 is 4.79 Å². The number of rotatable bonds is 6. The topological polar surface area (TPSA) is 20.3 Å². The molecular formula is C17H25NO. The largest absolute Gasteiger partial charge is 0.303 e. The van der Waals surface area contributed by atoms with Crippen molar-refractivity contribution in [3.8, 4) is 0 Å². The summed E-state index contributed by atoms with van der Waals surface area (Å²) in [6.07, 6.45) is 4.82. The summed E-state index contributed by atoms with van der Waals surface area (Å²) in [7, 11) is 0. The second kappa shape index (κ2) is 6.85. The fraction of sp³-hybridized carbons (Fsp3) is 0.588. The lowest BCUT2D eigenvalue weighted by Gasteiger charge is -2.19. The fourth-order valence-corrected chi connectivity index (χ4v) is 2.84. The standard InChI is InChI=1S/C17H25NO/c1-3-6-15-7-9-16(10-8-15)17(19)14(2)13-18-11-4-5-12-18/h7-10,14H,3-6,11-13H2,1-2H3. The SMILES string of the molecule is CCCc1ccc(C(=O)C(C)CN2CCCC2)cc1. The van der Waals surface area contributed by atoms with E-state index in [2.05, 4.69) is 30.9 Å². The maximum atomic E-state index is 12.4. The molecule has 1 aliphatic rings. The number of carbonyl (C=O) groups excluding carboxylic acids is 1. The molecule has 1 saturated heterocycles. The van der Waals surface area contributed by atoms with Crippen molar-refractivity contribution in [3.63, 3.8) is 0 Å². The lowest BCUT2D eigenvalue weighted by atomic mass is 9.97. The highest BCUT2D eigenvalue weighted by molar-refractivity contribution is 5.97. The molecule has 0 radical (unpaired) electrons. The van der Waals surface area contributed by atoms with Crippen LogP contribution in [0.2, 0.25) is 0 Å². The van der Waals surface area contributed by atoms with Gasteiger partial charge in [0.2, 0.25) is 0 Å². The second-order valence-corrected chi connectivity index (χ2v) is 5.72. The van der Waals surface area contributed by atoms with E-state index in [0.717, 1.165) is 38.0 Å². The molecular weight excluding hydrogens is 234 g/mol. The molecule has 0 aromatic heterocycles. The molecule has 2 heteroatoms. The number of benzene rings is 1. The highest BCUT2D eigenvalue weighted by atomic mass is 16.1. The van der Waals surface area contributed by atoms with Crippen LogP contribution in [0.1, 0.15) is 49.0 Å². The molecule has 0 aliphatic carbocycles. The van der Waals surface area contributed by atoms with Gasteiger partial charge in [0.25, 0.3) is 0 Å². The number of likely N-dealkylation sites (tertiary alicyclic amines) is 1. The highest BCUT2D eigenvalue weighted by Gasteiger charge is 2.20. The zero-order valence-corrected chi connectivity index (χ0v) is 12.2. The van der Waals surface area contributed by atoms with E-state index in [1.165, 1.54) is 18.4 Å². The van der Waals surface area contributed by atoms with Gasteiger partial charge in [0, 0.05) is 18.0 Å². The highest BCUT2D eigenvalue weighted by Crippen LogP contribution is 2.15.